The van der Waals surface area contributed by atoms with Gasteiger partial charge in [0.1, 0.15) is 17.7 Å². The van der Waals surface area contributed by atoms with Crippen molar-refractivity contribution in [3.63, 3.8) is 0 Å². The maximum atomic E-state index is 13.8. The van der Waals surface area contributed by atoms with Gasteiger partial charge in [-0.25, -0.2) is 8.78 Å². The molecule has 0 saturated carbocycles. The van der Waals surface area contributed by atoms with Gasteiger partial charge >= 0.3 is 0 Å². The first-order valence-corrected chi connectivity index (χ1v) is 10.8. The first-order chi connectivity index (χ1) is 15.0. The summed E-state index contributed by atoms with van der Waals surface area (Å²) in [6, 6.07) is 10.7. The van der Waals surface area contributed by atoms with Gasteiger partial charge in [0.05, 0.1) is 6.54 Å². The number of hydrogen-bond donors (Lipinski definition) is 1. The van der Waals surface area contributed by atoms with Crippen LogP contribution in [0.25, 0.3) is 0 Å². The lowest BCUT2D eigenvalue weighted by atomic mass is 9.91. The predicted molar refractivity (Wildman–Crippen MR) is 113 cm³/mol. The maximum Gasteiger partial charge on any atom is 0.244 e. The predicted octanol–water partition coefficient (Wildman–Crippen LogP) is 3.19. The third-order valence-electron chi connectivity index (χ3n) is 6.12. The fourth-order valence-corrected chi connectivity index (χ4v) is 4.46. The quantitative estimate of drug-likeness (QED) is 0.798. The molecule has 0 aromatic heterocycles. The highest BCUT2D eigenvalue weighted by molar-refractivity contribution is 5.85. The maximum absolute atomic E-state index is 13.8. The molecule has 1 N–H and O–H groups in total. The Morgan fingerprint density at radius 1 is 1.00 bits per heavy atom. The molecular weight excluding hydrogens is 400 g/mol. The lowest BCUT2D eigenvalue weighted by Gasteiger charge is -2.39. The van der Waals surface area contributed by atoms with Crippen molar-refractivity contribution in [3.8, 4) is 0 Å². The number of carbonyl (C=O) groups is 2. The second-order valence-corrected chi connectivity index (χ2v) is 8.22. The summed E-state index contributed by atoms with van der Waals surface area (Å²) in [7, 11) is 0. The zero-order valence-corrected chi connectivity index (χ0v) is 17.4. The van der Waals surface area contributed by atoms with Crippen LogP contribution in [0.2, 0.25) is 0 Å². The van der Waals surface area contributed by atoms with E-state index >= 15 is 0 Å². The topological polar surface area (TPSA) is 52.7 Å². The smallest absolute Gasteiger partial charge is 0.244 e. The highest BCUT2D eigenvalue weighted by Crippen LogP contribution is 2.32. The Kier molecular flexibility index (Phi) is 6.61. The number of likely N-dealkylation sites (tertiary alicyclic amines) is 1. The van der Waals surface area contributed by atoms with Gasteiger partial charge in [-0.15, -0.1) is 0 Å². The van der Waals surface area contributed by atoms with Crippen LogP contribution in [0.3, 0.4) is 0 Å². The lowest BCUT2D eigenvalue weighted by Crippen LogP contribution is -2.50. The summed E-state index contributed by atoms with van der Waals surface area (Å²) in [6.45, 7) is 2.11. The molecule has 2 heterocycles. The third kappa shape index (κ3) is 4.93. The standard InChI is InChI=1S/C24H27F2N3O2/c25-19-9-8-18(21(26)14-19)15-27-22(30)16-29-13-10-17-6-2-3-7-20(17)23(29)24(31)28-11-4-1-5-12-28/h2-3,6-9,14,23H,1,4-5,10-13,15-16H2,(H,27,30)/t23-/m0/s1. The molecule has 0 aliphatic carbocycles. The Morgan fingerprint density at radius 2 is 1.77 bits per heavy atom. The second kappa shape index (κ2) is 9.56. The molecule has 2 amide bonds. The highest BCUT2D eigenvalue weighted by atomic mass is 19.1. The van der Waals surface area contributed by atoms with E-state index in [1.165, 1.54) is 12.1 Å². The number of nitrogens with one attached hydrogen (secondary N) is 1. The number of rotatable bonds is 5. The van der Waals surface area contributed by atoms with E-state index in [0.717, 1.165) is 56.0 Å². The minimum Gasteiger partial charge on any atom is -0.351 e. The van der Waals surface area contributed by atoms with Crippen LogP contribution >= 0.6 is 0 Å². The van der Waals surface area contributed by atoms with E-state index in [0.29, 0.717) is 6.54 Å². The SMILES string of the molecule is O=C(CN1CCc2ccccc2[C@H]1C(=O)N1CCCCC1)NCc1ccc(F)cc1F. The molecule has 7 heteroatoms. The molecule has 1 fully saturated rings. The Morgan fingerprint density at radius 3 is 2.55 bits per heavy atom. The lowest BCUT2D eigenvalue weighted by molar-refractivity contribution is -0.139. The van der Waals surface area contributed by atoms with Gasteiger partial charge in [0, 0.05) is 37.8 Å². The number of amides is 2. The average molecular weight is 427 g/mol. The van der Waals surface area contributed by atoms with Gasteiger partial charge in [0.15, 0.2) is 0 Å². The summed E-state index contributed by atoms with van der Waals surface area (Å²) in [6.07, 6.45) is 3.91. The van der Waals surface area contributed by atoms with Crippen molar-refractivity contribution in [1.82, 2.24) is 15.1 Å². The molecule has 2 aromatic carbocycles. The van der Waals surface area contributed by atoms with Crippen LogP contribution in [0.1, 0.15) is 42.0 Å². The van der Waals surface area contributed by atoms with Gasteiger partial charge in [-0.05, 0) is 42.9 Å². The van der Waals surface area contributed by atoms with Crippen LogP contribution in [0.4, 0.5) is 8.78 Å². The molecule has 164 valence electrons. The number of piperidine rings is 1. The van der Waals surface area contributed by atoms with E-state index in [1.54, 1.807) is 0 Å². The van der Waals surface area contributed by atoms with E-state index in [2.05, 4.69) is 5.32 Å². The van der Waals surface area contributed by atoms with E-state index < -0.39 is 17.7 Å². The summed E-state index contributed by atoms with van der Waals surface area (Å²) in [4.78, 5) is 29.9. The Balaban J connectivity index is 1.47. The molecule has 0 spiro atoms. The van der Waals surface area contributed by atoms with Gasteiger partial charge in [0.2, 0.25) is 11.8 Å². The average Bonchev–Trinajstić information content (AvgIpc) is 2.78. The van der Waals surface area contributed by atoms with Crippen LogP contribution < -0.4 is 5.32 Å². The third-order valence-corrected chi connectivity index (χ3v) is 6.12. The Bertz CT molecular complexity index is 960. The van der Waals surface area contributed by atoms with E-state index in [9.17, 15) is 18.4 Å². The number of halogens is 2. The van der Waals surface area contributed by atoms with Gasteiger partial charge in [-0.2, -0.15) is 0 Å². The Hall–Kier alpha value is -2.80. The van der Waals surface area contributed by atoms with Crippen molar-refractivity contribution in [1.29, 1.82) is 0 Å². The van der Waals surface area contributed by atoms with Crippen molar-refractivity contribution >= 4 is 11.8 Å². The van der Waals surface area contributed by atoms with Crippen LogP contribution in [-0.2, 0) is 22.6 Å². The molecule has 0 bridgehead atoms. The van der Waals surface area contributed by atoms with Gasteiger partial charge < -0.3 is 10.2 Å². The molecule has 2 aromatic rings. The van der Waals surface area contributed by atoms with Crippen molar-refractivity contribution < 1.29 is 18.4 Å². The molecule has 0 unspecified atom stereocenters. The number of hydrogen-bond acceptors (Lipinski definition) is 3. The van der Waals surface area contributed by atoms with Gasteiger partial charge in [-0.3, -0.25) is 14.5 Å². The summed E-state index contributed by atoms with van der Waals surface area (Å²) < 4.78 is 26.9. The monoisotopic (exact) mass is 427 g/mol. The minimum atomic E-state index is -0.689. The van der Waals surface area contributed by atoms with Crippen molar-refractivity contribution in [3.05, 3.63) is 70.8 Å². The van der Waals surface area contributed by atoms with Crippen LogP contribution in [0.15, 0.2) is 42.5 Å². The van der Waals surface area contributed by atoms with E-state index in [1.807, 2.05) is 34.1 Å². The van der Waals surface area contributed by atoms with Crippen molar-refractivity contribution in [2.75, 3.05) is 26.2 Å². The largest absolute Gasteiger partial charge is 0.351 e. The van der Waals surface area contributed by atoms with Crippen LogP contribution in [0, 0.1) is 11.6 Å². The second-order valence-electron chi connectivity index (χ2n) is 8.22. The number of fused-ring (bicyclic) bond motifs is 1. The van der Waals surface area contributed by atoms with Crippen molar-refractivity contribution in [2.45, 2.75) is 38.3 Å². The molecule has 1 saturated heterocycles. The molecule has 0 radical (unpaired) electrons. The molecule has 4 rings (SSSR count). The summed E-state index contributed by atoms with van der Waals surface area (Å²) >= 11 is 0. The highest BCUT2D eigenvalue weighted by Gasteiger charge is 2.36. The van der Waals surface area contributed by atoms with Gasteiger partial charge in [0.25, 0.3) is 0 Å². The fraction of sp³-hybridized carbons (Fsp3) is 0.417. The van der Waals surface area contributed by atoms with Crippen LogP contribution in [0.5, 0.6) is 0 Å². The number of carbonyl (C=O) groups excluding carboxylic acids is 2. The molecule has 31 heavy (non-hydrogen) atoms. The molecule has 2 aliphatic rings. The molecular formula is C24H27F2N3O2. The minimum absolute atomic E-state index is 0.0277. The van der Waals surface area contributed by atoms with E-state index in [-0.39, 0.29) is 30.5 Å². The summed E-state index contributed by atoms with van der Waals surface area (Å²) in [5.41, 5.74) is 2.32. The van der Waals surface area contributed by atoms with Gasteiger partial charge in [-0.1, -0.05) is 30.3 Å². The van der Waals surface area contributed by atoms with Crippen LogP contribution in [-0.4, -0.2) is 47.8 Å². The Labute approximate surface area is 181 Å². The molecule has 2 aliphatic heterocycles. The number of nitrogens with zero attached hydrogens (tertiary/aromatic N) is 2. The van der Waals surface area contributed by atoms with E-state index in [4.69, 9.17) is 0 Å². The first kappa shape index (κ1) is 21.4. The molecule has 5 nitrogen and oxygen atoms in total. The summed E-state index contributed by atoms with van der Waals surface area (Å²) in [5, 5.41) is 2.70. The number of benzene rings is 2. The summed E-state index contributed by atoms with van der Waals surface area (Å²) in [5.74, 6) is -1.59. The zero-order chi connectivity index (χ0) is 21.8. The fourth-order valence-electron chi connectivity index (χ4n) is 4.46. The molecule has 1 atom stereocenters. The first-order valence-electron chi connectivity index (χ1n) is 10.8. The normalized spacial score (nSPS) is 19.0. The zero-order valence-electron chi connectivity index (χ0n) is 17.4. The van der Waals surface area contributed by atoms with Crippen molar-refractivity contribution in [2.24, 2.45) is 0 Å².